The molecule has 5 nitrogen and oxygen atoms in total. The van der Waals surface area contributed by atoms with E-state index < -0.39 is 0 Å². The average molecular weight is 384 g/mol. The molecule has 4 aromatic rings. The van der Waals surface area contributed by atoms with Crippen LogP contribution >= 0.6 is 0 Å². The third-order valence-electron chi connectivity index (χ3n) is 5.20. The second-order valence-corrected chi connectivity index (χ2v) is 7.55. The highest BCUT2D eigenvalue weighted by atomic mass is 16.1. The fourth-order valence-corrected chi connectivity index (χ4v) is 3.52. The number of benzene rings is 2. The lowest BCUT2D eigenvalue weighted by Gasteiger charge is -2.10. The molecule has 0 saturated carbocycles. The van der Waals surface area contributed by atoms with Crippen molar-refractivity contribution in [1.82, 2.24) is 14.6 Å². The maximum absolute atomic E-state index is 12.9. The molecule has 0 spiro atoms. The van der Waals surface area contributed by atoms with Crippen LogP contribution in [0.3, 0.4) is 0 Å². The summed E-state index contributed by atoms with van der Waals surface area (Å²) in [6, 6.07) is 18.0. The molecule has 29 heavy (non-hydrogen) atoms. The molecule has 2 heterocycles. The van der Waals surface area contributed by atoms with Gasteiger partial charge in [0, 0.05) is 17.4 Å². The first-order valence-corrected chi connectivity index (χ1v) is 9.77. The number of fused-ring (bicyclic) bond motifs is 1. The first-order chi connectivity index (χ1) is 14.0. The van der Waals surface area contributed by atoms with Crippen LogP contribution in [0.15, 0.2) is 60.8 Å². The normalized spacial score (nSPS) is 11.2. The molecule has 0 aliphatic carbocycles. The fraction of sp³-hybridized carbons (Fsp3) is 0.208. The summed E-state index contributed by atoms with van der Waals surface area (Å²) in [7, 11) is 0. The molecule has 5 heteroatoms. The van der Waals surface area contributed by atoms with E-state index >= 15 is 0 Å². The minimum absolute atomic E-state index is 0.191. The lowest BCUT2D eigenvalue weighted by molar-refractivity contribution is 0.102. The zero-order valence-corrected chi connectivity index (χ0v) is 17.1. The van der Waals surface area contributed by atoms with Gasteiger partial charge < -0.3 is 5.32 Å². The number of aryl methyl sites for hydroxylation is 2. The first kappa shape index (κ1) is 18.9. The SMILES string of the molecule is Cc1nn2c(C)c(C(=O)Nc3ccc(C(C)C)cc3)cnc2c1-c1ccccc1. The summed E-state index contributed by atoms with van der Waals surface area (Å²) in [5, 5.41) is 7.61. The molecule has 0 saturated heterocycles. The predicted octanol–water partition coefficient (Wildman–Crippen LogP) is 5.39. The summed E-state index contributed by atoms with van der Waals surface area (Å²) >= 11 is 0. The van der Waals surface area contributed by atoms with Crippen molar-refractivity contribution in [1.29, 1.82) is 0 Å². The van der Waals surface area contributed by atoms with E-state index in [0.717, 1.165) is 33.8 Å². The summed E-state index contributed by atoms with van der Waals surface area (Å²) in [5.41, 5.74) is 6.96. The summed E-state index contributed by atoms with van der Waals surface area (Å²) in [6.07, 6.45) is 1.63. The largest absolute Gasteiger partial charge is 0.322 e. The Hall–Kier alpha value is -3.47. The van der Waals surface area contributed by atoms with Crippen LogP contribution in [0.25, 0.3) is 16.8 Å². The van der Waals surface area contributed by atoms with Crippen LogP contribution in [0.2, 0.25) is 0 Å². The smallest absolute Gasteiger partial charge is 0.259 e. The number of hydrogen-bond donors (Lipinski definition) is 1. The Bertz CT molecular complexity index is 1180. The van der Waals surface area contributed by atoms with Gasteiger partial charge in [0.2, 0.25) is 0 Å². The average Bonchev–Trinajstić information content (AvgIpc) is 3.06. The first-order valence-electron chi connectivity index (χ1n) is 9.77. The maximum Gasteiger partial charge on any atom is 0.259 e. The van der Waals surface area contributed by atoms with Crippen molar-refractivity contribution in [3.8, 4) is 11.1 Å². The fourth-order valence-electron chi connectivity index (χ4n) is 3.52. The zero-order chi connectivity index (χ0) is 20.5. The Morgan fingerprint density at radius 2 is 1.69 bits per heavy atom. The van der Waals surface area contributed by atoms with E-state index in [2.05, 4.69) is 29.2 Å². The zero-order valence-electron chi connectivity index (χ0n) is 17.1. The van der Waals surface area contributed by atoms with Gasteiger partial charge in [-0.3, -0.25) is 4.79 Å². The van der Waals surface area contributed by atoms with Gasteiger partial charge >= 0.3 is 0 Å². The molecule has 1 amide bonds. The highest BCUT2D eigenvalue weighted by Crippen LogP contribution is 2.28. The van der Waals surface area contributed by atoms with E-state index in [1.165, 1.54) is 5.56 Å². The second-order valence-electron chi connectivity index (χ2n) is 7.55. The molecule has 0 fully saturated rings. The Kier molecular flexibility index (Phi) is 4.89. The van der Waals surface area contributed by atoms with Crippen LogP contribution in [0, 0.1) is 13.8 Å². The maximum atomic E-state index is 12.9. The van der Waals surface area contributed by atoms with Gasteiger partial charge in [0.1, 0.15) is 0 Å². The molecule has 1 N–H and O–H groups in total. The van der Waals surface area contributed by atoms with Gasteiger partial charge in [0.25, 0.3) is 5.91 Å². The third-order valence-corrected chi connectivity index (χ3v) is 5.20. The highest BCUT2D eigenvalue weighted by molar-refractivity contribution is 6.05. The minimum Gasteiger partial charge on any atom is -0.322 e. The Morgan fingerprint density at radius 1 is 1.00 bits per heavy atom. The summed E-state index contributed by atoms with van der Waals surface area (Å²) < 4.78 is 1.76. The van der Waals surface area contributed by atoms with Crippen LogP contribution in [-0.2, 0) is 0 Å². The second kappa shape index (κ2) is 7.51. The van der Waals surface area contributed by atoms with Crippen LogP contribution in [0.4, 0.5) is 5.69 Å². The lowest BCUT2D eigenvalue weighted by atomic mass is 10.0. The van der Waals surface area contributed by atoms with Crippen LogP contribution in [0.1, 0.15) is 47.1 Å². The molecule has 2 aromatic heterocycles. The quantitative estimate of drug-likeness (QED) is 0.513. The predicted molar refractivity (Wildman–Crippen MR) is 116 cm³/mol. The van der Waals surface area contributed by atoms with Gasteiger partial charge in [0.15, 0.2) is 5.65 Å². The summed E-state index contributed by atoms with van der Waals surface area (Å²) in [4.78, 5) is 17.4. The topological polar surface area (TPSA) is 59.3 Å². The van der Waals surface area contributed by atoms with Crippen molar-refractivity contribution in [2.75, 3.05) is 5.32 Å². The third kappa shape index (κ3) is 3.51. The number of aromatic nitrogens is 3. The number of hydrogen-bond acceptors (Lipinski definition) is 3. The number of anilines is 1. The highest BCUT2D eigenvalue weighted by Gasteiger charge is 2.18. The van der Waals surface area contributed by atoms with Gasteiger partial charge in [0.05, 0.1) is 17.0 Å². The lowest BCUT2D eigenvalue weighted by Crippen LogP contribution is -2.16. The van der Waals surface area contributed by atoms with Crippen molar-refractivity contribution >= 4 is 17.2 Å². The molecule has 4 rings (SSSR count). The van der Waals surface area contributed by atoms with Gasteiger partial charge in [-0.15, -0.1) is 0 Å². The number of rotatable bonds is 4. The number of nitrogens with one attached hydrogen (secondary N) is 1. The Balaban J connectivity index is 1.68. The molecule has 0 atom stereocenters. The van der Waals surface area contributed by atoms with Crippen molar-refractivity contribution in [3.05, 3.63) is 83.3 Å². The van der Waals surface area contributed by atoms with Crippen molar-refractivity contribution in [2.24, 2.45) is 0 Å². The van der Waals surface area contributed by atoms with E-state index in [-0.39, 0.29) is 5.91 Å². The molecular formula is C24H24N4O. The van der Waals surface area contributed by atoms with Crippen molar-refractivity contribution < 1.29 is 4.79 Å². The van der Waals surface area contributed by atoms with E-state index in [0.29, 0.717) is 11.5 Å². The standard InChI is InChI=1S/C24H24N4O/c1-15(2)18-10-12-20(13-11-18)26-24(29)21-14-25-23-22(19-8-6-5-7-9-19)16(3)27-28(23)17(21)4/h5-15H,1-4H3,(H,26,29). The molecular weight excluding hydrogens is 360 g/mol. The van der Waals surface area contributed by atoms with Crippen molar-refractivity contribution in [2.45, 2.75) is 33.6 Å². The monoisotopic (exact) mass is 384 g/mol. The molecule has 0 aliphatic rings. The van der Waals surface area contributed by atoms with Gasteiger partial charge in [-0.05, 0) is 43.0 Å². The van der Waals surface area contributed by atoms with E-state index in [4.69, 9.17) is 0 Å². The summed E-state index contributed by atoms with van der Waals surface area (Å²) in [6.45, 7) is 8.15. The molecule has 146 valence electrons. The van der Waals surface area contributed by atoms with Crippen molar-refractivity contribution in [3.63, 3.8) is 0 Å². The van der Waals surface area contributed by atoms with E-state index in [1.54, 1.807) is 10.7 Å². The van der Waals surface area contributed by atoms with Gasteiger partial charge in [-0.2, -0.15) is 5.10 Å². The molecule has 0 radical (unpaired) electrons. The van der Waals surface area contributed by atoms with Gasteiger partial charge in [-0.1, -0.05) is 56.3 Å². The molecule has 0 unspecified atom stereocenters. The summed E-state index contributed by atoms with van der Waals surface area (Å²) in [5.74, 6) is 0.263. The molecule has 0 bridgehead atoms. The number of carbonyl (C=O) groups is 1. The Labute approximate surface area is 170 Å². The minimum atomic E-state index is -0.191. The van der Waals surface area contributed by atoms with Crippen LogP contribution in [-0.4, -0.2) is 20.5 Å². The number of carbonyl (C=O) groups excluding carboxylic acids is 1. The molecule has 0 aliphatic heterocycles. The molecule has 2 aromatic carbocycles. The van der Waals surface area contributed by atoms with Gasteiger partial charge in [-0.25, -0.2) is 9.50 Å². The van der Waals surface area contributed by atoms with Crippen LogP contribution in [0.5, 0.6) is 0 Å². The number of amides is 1. The van der Waals surface area contributed by atoms with Crippen LogP contribution < -0.4 is 5.32 Å². The number of nitrogens with zero attached hydrogens (tertiary/aromatic N) is 3. The van der Waals surface area contributed by atoms with E-state index in [9.17, 15) is 4.79 Å². The Morgan fingerprint density at radius 3 is 2.34 bits per heavy atom. The van der Waals surface area contributed by atoms with E-state index in [1.807, 2.05) is 68.4 Å².